The van der Waals surface area contributed by atoms with Crippen LogP contribution in [-0.2, 0) is 16.9 Å². The van der Waals surface area contributed by atoms with Crippen LogP contribution in [-0.4, -0.2) is 32.6 Å². The second-order valence-corrected chi connectivity index (χ2v) is 7.44. The maximum absolute atomic E-state index is 11.2. The Morgan fingerprint density at radius 2 is 2.18 bits per heavy atom. The fourth-order valence-electron chi connectivity index (χ4n) is 4.35. The van der Waals surface area contributed by atoms with E-state index in [1.54, 1.807) is 6.07 Å². The number of nitrogens with one attached hydrogen (secondary N) is 1. The zero-order valence-electron chi connectivity index (χ0n) is 12.3. The van der Waals surface area contributed by atoms with Crippen molar-refractivity contribution in [2.24, 2.45) is 5.92 Å². The average Bonchev–Trinajstić information content (AvgIpc) is 2.81. The molecule has 1 fully saturated rings. The fraction of sp³-hybridized carbons (Fsp3) is 0.600. The Labute approximate surface area is 130 Å². The van der Waals surface area contributed by atoms with Gasteiger partial charge in [-0.3, -0.25) is 4.55 Å². The summed E-state index contributed by atoms with van der Waals surface area (Å²) < 4.78 is 36.4. The minimum atomic E-state index is -4.50. The largest absolute Gasteiger partial charge is 0.446 e. The Morgan fingerprint density at radius 3 is 3.00 bits per heavy atom. The van der Waals surface area contributed by atoms with Gasteiger partial charge in [-0.05, 0) is 36.3 Å². The van der Waals surface area contributed by atoms with Crippen LogP contribution >= 0.6 is 0 Å². The van der Waals surface area contributed by atoms with Crippen LogP contribution < -0.4 is 14.4 Å². The second kappa shape index (κ2) is 5.11. The maximum atomic E-state index is 11.2. The molecular formula is C15H20N2O4S. The van der Waals surface area contributed by atoms with Crippen LogP contribution in [0.1, 0.15) is 36.3 Å². The van der Waals surface area contributed by atoms with Gasteiger partial charge in [-0.25, -0.2) is 0 Å². The van der Waals surface area contributed by atoms with Crippen molar-refractivity contribution >= 4 is 16.1 Å². The topological polar surface area (TPSA) is 78.9 Å². The van der Waals surface area contributed by atoms with Crippen LogP contribution in [0.4, 0.5) is 5.69 Å². The normalized spacial score (nSPS) is 27.0. The van der Waals surface area contributed by atoms with Gasteiger partial charge < -0.3 is 14.4 Å². The Kier molecular flexibility index (Phi) is 3.32. The average molecular weight is 324 g/mol. The Balaban J connectivity index is 1.90. The van der Waals surface area contributed by atoms with E-state index in [1.165, 1.54) is 12.0 Å². The zero-order chi connectivity index (χ0) is 15.3. The monoisotopic (exact) mass is 324 g/mol. The predicted molar refractivity (Wildman–Crippen MR) is 82.6 cm³/mol. The summed E-state index contributed by atoms with van der Waals surface area (Å²) in [5, 5.41) is 3.41. The second-order valence-electron chi connectivity index (χ2n) is 6.42. The van der Waals surface area contributed by atoms with Gasteiger partial charge in [0.25, 0.3) is 0 Å². The molecule has 6 nitrogen and oxygen atoms in total. The number of rotatable bonds is 2. The van der Waals surface area contributed by atoms with Crippen molar-refractivity contribution in [1.82, 2.24) is 5.32 Å². The highest BCUT2D eigenvalue weighted by atomic mass is 32.3. The van der Waals surface area contributed by atoms with Gasteiger partial charge in [0, 0.05) is 37.4 Å². The van der Waals surface area contributed by atoms with Gasteiger partial charge in [-0.2, -0.15) is 8.42 Å². The Hall–Kier alpha value is -1.31. The molecule has 1 aromatic carbocycles. The molecule has 22 heavy (non-hydrogen) atoms. The molecule has 3 aliphatic rings. The summed E-state index contributed by atoms with van der Waals surface area (Å²) in [6.07, 6.45) is 3.39. The van der Waals surface area contributed by atoms with E-state index < -0.39 is 10.4 Å². The Morgan fingerprint density at radius 1 is 1.32 bits per heavy atom. The minimum Gasteiger partial charge on any atom is -0.369 e. The van der Waals surface area contributed by atoms with Gasteiger partial charge >= 0.3 is 10.4 Å². The van der Waals surface area contributed by atoms with Gasteiger partial charge in [0.2, 0.25) is 0 Å². The highest BCUT2D eigenvalue weighted by Crippen LogP contribution is 2.52. The van der Waals surface area contributed by atoms with Crippen molar-refractivity contribution in [3.05, 3.63) is 23.3 Å². The summed E-state index contributed by atoms with van der Waals surface area (Å²) in [7, 11) is -4.50. The highest BCUT2D eigenvalue weighted by Gasteiger charge is 2.40. The van der Waals surface area contributed by atoms with Crippen molar-refractivity contribution in [1.29, 1.82) is 0 Å². The van der Waals surface area contributed by atoms with E-state index in [4.69, 9.17) is 8.74 Å². The summed E-state index contributed by atoms with van der Waals surface area (Å²) in [6.45, 7) is 3.64. The lowest BCUT2D eigenvalue weighted by molar-refractivity contribution is 0.378. The molecule has 4 rings (SSSR count). The van der Waals surface area contributed by atoms with Gasteiger partial charge in [-0.15, -0.1) is 0 Å². The minimum absolute atomic E-state index is 0.296. The third-order valence-corrected chi connectivity index (χ3v) is 5.52. The molecule has 1 aromatic rings. The van der Waals surface area contributed by atoms with E-state index in [2.05, 4.69) is 10.2 Å². The summed E-state index contributed by atoms with van der Waals surface area (Å²) in [6, 6.07) is 3.59. The van der Waals surface area contributed by atoms with Crippen molar-refractivity contribution in [2.75, 3.05) is 24.5 Å². The lowest BCUT2D eigenvalue weighted by Gasteiger charge is -2.39. The van der Waals surface area contributed by atoms with Gasteiger partial charge in [0.1, 0.15) is 0 Å². The molecule has 2 unspecified atom stereocenters. The van der Waals surface area contributed by atoms with Crippen molar-refractivity contribution in [3.8, 4) is 5.75 Å². The van der Waals surface area contributed by atoms with Crippen LogP contribution in [0.25, 0.3) is 0 Å². The summed E-state index contributed by atoms with van der Waals surface area (Å²) in [5.74, 6) is 1.18. The molecule has 2 atom stereocenters. The zero-order valence-corrected chi connectivity index (χ0v) is 13.1. The third kappa shape index (κ3) is 2.37. The molecule has 0 spiro atoms. The molecule has 0 bridgehead atoms. The van der Waals surface area contributed by atoms with E-state index in [0.29, 0.717) is 17.6 Å². The third-order valence-electron chi connectivity index (χ3n) is 5.13. The SMILES string of the molecule is O=S(=O)(O)Oc1ccc2c3c1C1CCCC1CN3CCNC2. The molecule has 0 aromatic heterocycles. The van der Waals surface area contributed by atoms with Crippen LogP contribution in [0.5, 0.6) is 5.75 Å². The molecule has 2 N–H and O–H groups in total. The molecule has 1 aliphatic carbocycles. The lowest BCUT2D eigenvalue weighted by atomic mass is 9.82. The van der Waals surface area contributed by atoms with Crippen molar-refractivity contribution in [2.45, 2.75) is 31.7 Å². The van der Waals surface area contributed by atoms with Crippen molar-refractivity contribution in [3.63, 3.8) is 0 Å². The molecule has 0 radical (unpaired) electrons. The first kappa shape index (κ1) is 14.3. The molecule has 120 valence electrons. The first-order valence-corrected chi connectivity index (χ1v) is 9.18. The molecule has 7 heteroatoms. The highest BCUT2D eigenvalue weighted by molar-refractivity contribution is 7.81. The number of fused-ring (bicyclic) bond motifs is 2. The summed E-state index contributed by atoms with van der Waals surface area (Å²) in [5.41, 5.74) is 3.28. The molecular weight excluding hydrogens is 304 g/mol. The smallest absolute Gasteiger partial charge is 0.369 e. The fourth-order valence-corrected chi connectivity index (χ4v) is 4.72. The predicted octanol–water partition coefficient (Wildman–Crippen LogP) is 1.68. The molecule has 1 saturated carbocycles. The standard InChI is InChI=1S/C15H20N2O4S/c18-22(19,20)21-13-5-4-10-8-16-6-7-17-9-11-2-1-3-12(11)14(13)15(10)17/h4-5,11-12,16H,1-3,6-9H2,(H,18,19,20). The summed E-state index contributed by atoms with van der Waals surface area (Å²) >= 11 is 0. The lowest BCUT2D eigenvalue weighted by Crippen LogP contribution is -2.38. The molecule has 2 heterocycles. The first-order valence-electron chi connectivity index (χ1n) is 7.81. The van der Waals surface area contributed by atoms with E-state index in [1.807, 2.05) is 6.07 Å². The van der Waals surface area contributed by atoms with Crippen molar-refractivity contribution < 1.29 is 17.2 Å². The van der Waals surface area contributed by atoms with E-state index in [-0.39, 0.29) is 0 Å². The van der Waals surface area contributed by atoms with E-state index in [9.17, 15) is 8.42 Å². The van der Waals surface area contributed by atoms with Crippen LogP contribution in [0.15, 0.2) is 12.1 Å². The van der Waals surface area contributed by atoms with E-state index >= 15 is 0 Å². The quantitative estimate of drug-likeness (QED) is 0.806. The molecule has 2 aliphatic heterocycles. The number of hydrogen-bond acceptors (Lipinski definition) is 5. The first-order chi connectivity index (χ1) is 10.5. The maximum Gasteiger partial charge on any atom is 0.446 e. The Bertz CT molecular complexity index is 704. The van der Waals surface area contributed by atoms with Crippen LogP contribution in [0.3, 0.4) is 0 Å². The number of anilines is 1. The number of nitrogens with zero attached hydrogens (tertiary/aromatic N) is 1. The molecule has 0 saturated heterocycles. The summed E-state index contributed by atoms with van der Waals surface area (Å²) in [4.78, 5) is 2.36. The van der Waals surface area contributed by atoms with Gasteiger partial charge in [0.05, 0.1) is 0 Å². The van der Waals surface area contributed by atoms with Gasteiger partial charge in [0.15, 0.2) is 5.75 Å². The van der Waals surface area contributed by atoms with Crippen LogP contribution in [0.2, 0.25) is 0 Å². The van der Waals surface area contributed by atoms with Gasteiger partial charge in [-0.1, -0.05) is 12.5 Å². The van der Waals surface area contributed by atoms with Crippen LogP contribution in [0, 0.1) is 5.92 Å². The number of hydrogen-bond donors (Lipinski definition) is 2. The van der Waals surface area contributed by atoms with E-state index in [0.717, 1.165) is 50.3 Å². The number of benzene rings is 1. The molecule has 0 amide bonds.